The van der Waals surface area contributed by atoms with Gasteiger partial charge >= 0.3 is 18.3 Å². The first-order chi connectivity index (χ1) is 21.6. The molecule has 0 fully saturated rings. The molecule has 3 aliphatic rings. The van der Waals surface area contributed by atoms with Gasteiger partial charge in [-0.3, -0.25) is 14.5 Å². The minimum absolute atomic E-state index is 0.119. The number of carbonyl (C=O) groups excluding carboxylic acids is 2. The zero-order chi connectivity index (χ0) is 34.6. The summed E-state index contributed by atoms with van der Waals surface area (Å²) in [6.07, 6.45) is -10.1. The number of alkyl halides is 6. The number of hydrogen-bond acceptors (Lipinski definition) is 8. The number of amides is 2. The molecule has 2 unspecified atom stereocenters. The van der Waals surface area contributed by atoms with Crippen LogP contribution < -0.4 is 20.4 Å². The Hall–Kier alpha value is -4.46. The third kappa shape index (κ3) is 5.22. The number of halogens is 9. The summed E-state index contributed by atoms with van der Waals surface area (Å²) in [6, 6.07) is 3.06. The highest BCUT2D eigenvalue weighted by molar-refractivity contribution is 6.32. The summed E-state index contributed by atoms with van der Waals surface area (Å²) in [5.41, 5.74) is -8.91. The predicted molar refractivity (Wildman–Crippen MR) is 148 cm³/mol. The highest BCUT2D eigenvalue weighted by atomic mass is 35.5. The molecular weight excluding hydrogens is 673 g/mol. The molecule has 2 radical (unpaired) electrons. The van der Waals surface area contributed by atoms with E-state index in [0.29, 0.717) is 17.0 Å². The maximum atomic E-state index is 14.4. The average molecular weight is 688 g/mol. The van der Waals surface area contributed by atoms with Gasteiger partial charge in [-0.2, -0.15) is 31.3 Å². The smallest absolute Gasteiger partial charge is 0.372 e. The normalized spacial score (nSPS) is 21.3. The molecule has 3 aliphatic heterocycles. The van der Waals surface area contributed by atoms with Gasteiger partial charge in [-0.25, -0.2) is 8.78 Å². The van der Waals surface area contributed by atoms with E-state index in [1.54, 1.807) is 0 Å². The number of aliphatic imine (C=N–C) groups is 1. The van der Waals surface area contributed by atoms with Crippen LogP contribution in [0, 0.1) is 11.6 Å². The molecule has 0 saturated carbocycles. The Morgan fingerprint density at radius 3 is 2.36 bits per heavy atom. The van der Waals surface area contributed by atoms with E-state index in [1.807, 2.05) is 0 Å². The molecule has 0 bridgehead atoms. The lowest BCUT2D eigenvalue weighted by atomic mass is 9.85. The highest BCUT2D eigenvalue weighted by Crippen LogP contribution is 2.54. The molecule has 20 heteroatoms. The minimum atomic E-state index is -5.08. The molecular formula is C27H15BClF8N5O5. The van der Waals surface area contributed by atoms with Gasteiger partial charge in [-0.1, -0.05) is 11.6 Å². The molecule has 0 saturated heterocycles. The summed E-state index contributed by atoms with van der Waals surface area (Å²) in [5.74, 6) is -9.51. The van der Waals surface area contributed by atoms with E-state index in [-0.39, 0.29) is 27.1 Å². The number of nitrogens with one attached hydrogen (secondary N) is 2. The van der Waals surface area contributed by atoms with Gasteiger partial charge < -0.3 is 30.9 Å². The van der Waals surface area contributed by atoms with Crippen molar-refractivity contribution in [3.05, 3.63) is 86.9 Å². The average Bonchev–Trinajstić information content (AvgIpc) is 3.49. The number of nitrogens with zero attached hydrogens (tertiary/aromatic N) is 3. The Morgan fingerprint density at radius 1 is 1.04 bits per heavy atom. The first-order valence-corrected chi connectivity index (χ1v) is 13.3. The van der Waals surface area contributed by atoms with Crippen molar-refractivity contribution in [1.29, 1.82) is 0 Å². The summed E-state index contributed by atoms with van der Waals surface area (Å²) in [5, 5.41) is 35.9. The maximum Gasteiger partial charge on any atom is 0.416 e. The molecule has 5 N–H and O–H groups in total. The first kappa shape index (κ1) is 32.5. The second-order valence-corrected chi connectivity index (χ2v) is 11.1. The van der Waals surface area contributed by atoms with Gasteiger partial charge in [0.05, 0.1) is 28.5 Å². The number of guanidine groups is 1. The van der Waals surface area contributed by atoms with Crippen LogP contribution in [0.1, 0.15) is 43.4 Å². The fourth-order valence-corrected chi connectivity index (χ4v) is 5.76. The van der Waals surface area contributed by atoms with Crippen molar-refractivity contribution >= 4 is 54.3 Å². The van der Waals surface area contributed by atoms with Crippen LogP contribution in [0.4, 0.5) is 52.2 Å². The van der Waals surface area contributed by atoms with Gasteiger partial charge in [-0.15, -0.1) is 0 Å². The van der Waals surface area contributed by atoms with E-state index in [4.69, 9.17) is 19.4 Å². The van der Waals surface area contributed by atoms with Crippen LogP contribution in [-0.4, -0.2) is 65.2 Å². The summed E-state index contributed by atoms with van der Waals surface area (Å²) in [7, 11) is 5.73. The maximum absolute atomic E-state index is 14.4. The van der Waals surface area contributed by atoms with Crippen molar-refractivity contribution in [3.63, 3.8) is 0 Å². The standard InChI is InChI=1S/C27H15BClF8N5O5/c28-26(45)27(46,47)40-23-41(8-24(32,33)34)16-7-15(38-21(43)9-3-10(25(35,36)37)5-12(31)4-9)17-18(20(16)42(23)26)22(44)39-19(17)13-6-11(30)1-2-14(13)29/h1-7,19,45-47H,8H2,(H,38,43)(H,39,44). The fourth-order valence-electron chi connectivity index (χ4n) is 5.53. The van der Waals surface area contributed by atoms with Gasteiger partial charge in [0.15, 0.2) is 13.5 Å². The van der Waals surface area contributed by atoms with E-state index >= 15 is 0 Å². The van der Waals surface area contributed by atoms with Crippen LogP contribution in [0.5, 0.6) is 0 Å². The topological polar surface area (TPSA) is 138 Å². The second-order valence-electron chi connectivity index (χ2n) is 10.6. The summed E-state index contributed by atoms with van der Waals surface area (Å²) >= 11 is 6.26. The van der Waals surface area contributed by atoms with Crippen molar-refractivity contribution < 1.29 is 60.0 Å². The monoisotopic (exact) mass is 687 g/mol. The Kier molecular flexibility index (Phi) is 7.10. The van der Waals surface area contributed by atoms with Crippen molar-refractivity contribution in [2.24, 2.45) is 4.99 Å². The molecule has 0 aromatic heterocycles. The van der Waals surface area contributed by atoms with Crippen molar-refractivity contribution in [2.75, 3.05) is 21.7 Å². The molecule has 3 heterocycles. The zero-order valence-electron chi connectivity index (χ0n) is 22.8. The van der Waals surface area contributed by atoms with E-state index in [1.165, 1.54) is 0 Å². The number of rotatable bonds is 4. The number of benzene rings is 3. The third-order valence-electron chi connectivity index (χ3n) is 7.50. The van der Waals surface area contributed by atoms with E-state index < -0.39 is 99.6 Å². The van der Waals surface area contributed by atoms with E-state index in [2.05, 4.69) is 15.6 Å². The Balaban J connectivity index is 1.61. The number of carbonyl (C=O) groups is 2. The van der Waals surface area contributed by atoms with E-state index in [9.17, 15) is 60.0 Å². The first-order valence-electron chi connectivity index (χ1n) is 13.0. The highest BCUT2D eigenvalue weighted by Gasteiger charge is 2.62. The third-order valence-corrected chi connectivity index (χ3v) is 7.84. The summed E-state index contributed by atoms with van der Waals surface area (Å²) < 4.78 is 110. The van der Waals surface area contributed by atoms with Crippen LogP contribution in [0.15, 0.2) is 47.5 Å². The molecule has 2 amide bonds. The molecule has 0 aliphatic carbocycles. The summed E-state index contributed by atoms with van der Waals surface area (Å²) in [6.45, 7) is -1.94. The van der Waals surface area contributed by atoms with Crippen molar-refractivity contribution in [2.45, 2.75) is 29.9 Å². The van der Waals surface area contributed by atoms with Gasteiger partial charge in [0.25, 0.3) is 11.8 Å². The van der Waals surface area contributed by atoms with Gasteiger partial charge in [-0.05, 0) is 42.5 Å². The molecule has 244 valence electrons. The molecule has 10 nitrogen and oxygen atoms in total. The number of aliphatic hydroxyl groups is 3. The zero-order valence-corrected chi connectivity index (χ0v) is 23.6. The number of fused-ring (bicyclic) bond motifs is 5. The molecule has 47 heavy (non-hydrogen) atoms. The quantitative estimate of drug-likeness (QED) is 0.160. The van der Waals surface area contributed by atoms with Crippen LogP contribution >= 0.6 is 11.6 Å². The molecule has 3 aromatic carbocycles. The fraction of sp³-hybridized carbons (Fsp3) is 0.222. The minimum Gasteiger partial charge on any atom is -0.372 e. The summed E-state index contributed by atoms with van der Waals surface area (Å²) in [4.78, 5) is 30.8. The van der Waals surface area contributed by atoms with Gasteiger partial charge in [0.2, 0.25) is 5.96 Å². The van der Waals surface area contributed by atoms with Gasteiger partial charge in [0.1, 0.15) is 18.2 Å². The van der Waals surface area contributed by atoms with Crippen LogP contribution in [0.25, 0.3) is 0 Å². The molecule has 2 atom stereocenters. The van der Waals surface area contributed by atoms with Crippen LogP contribution in [0.3, 0.4) is 0 Å². The SMILES string of the molecule is [B]C1(O)N2C(=NC1(O)O)N(CC(F)(F)F)c1cc(NC(=O)c3cc(F)cc(C(F)(F)F)c3)c3c(c12)C(=O)NC3c1cc(F)ccc1Cl. The van der Waals surface area contributed by atoms with Gasteiger partial charge in [0, 0.05) is 27.4 Å². The lowest BCUT2D eigenvalue weighted by Gasteiger charge is -2.35. The predicted octanol–water partition coefficient (Wildman–Crippen LogP) is 3.73. The van der Waals surface area contributed by atoms with Crippen molar-refractivity contribution in [1.82, 2.24) is 5.32 Å². The lowest BCUT2D eigenvalue weighted by molar-refractivity contribution is -0.225. The molecule has 3 aromatic rings. The molecule has 6 rings (SSSR count). The largest absolute Gasteiger partial charge is 0.416 e. The second kappa shape index (κ2) is 10.3. The number of anilines is 3. The number of hydrogen-bond donors (Lipinski definition) is 5. The van der Waals surface area contributed by atoms with Crippen LogP contribution in [0.2, 0.25) is 5.02 Å². The van der Waals surface area contributed by atoms with Crippen LogP contribution in [-0.2, 0) is 6.18 Å². The Labute approximate surface area is 263 Å². The lowest BCUT2D eigenvalue weighted by Crippen LogP contribution is -2.61. The van der Waals surface area contributed by atoms with E-state index in [0.717, 1.165) is 24.3 Å². The van der Waals surface area contributed by atoms with Crippen molar-refractivity contribution in [3.8, 4) is 0 Å². The Bertz CT molecular complexity index is 1920. The molecule has 0 spiro atoms. The Morgan fingerprint density at radius 2 is 1.72 bits per heavy atom.